The van der Waals surface area contributed by atoms with Crippen LogP contribution in [0.4, 0.5) is 0 Å². The number of H-pyrrole nitrogens is 1. The van der Waals surface area contributed by atoms with Gasteiger partial charge in [0.15, 0.2) is 11.5 Å². The van der Waals surface area contributed by atoms with E-state index in [1.807, 2.05) is 6.07 Å². The van der Waals surface area contributed by atoms with E-state index in [-0.39, 0.29) is 5.75 Å². The van der Waals surface area contributed by atoms with Crippen LogP contribution in [0, 0.1) is 0 Å². The Balaban J connectivity index is 2.22. The Bertz CT molecular complexity index is 647. The quantitative estimate of drug-likeness (QED) is 0.644. The Morgan fingerprint density at radius 3 is 2.88 bits per heavy atom. The summed E-state index contributed by atoms with van der Waals surface area (Å²) in [4.78, 5) is 15.4. The van der Waals surface area contributed by atoms with Crippen LogP contribution in [0.25, 0.3) is 22.6 Å². The number of phenolic OH excluding ortho intramolecular Hbond substituents is 1. The molecular formula is C11H8N4O. The number of aromatic hydroxyl groups is 1. The first-order valence-electron chi connectivity index (χ1n) is 4.79. The van der Waals surface area contributed by atoms with Gasteiger partial charge in [-0.2, -0.15) is 0 Å². The monoisotopic (exact) mass is 212 g/mol. The fourth-order valence-electron chi connectivity index (χ4n) is 1.53. The number of nitrogens with one attached hydrogen (secondary N) is 1. The Morgan fingerprint density at radius 1 is 1.12 bits per heavy atom. The summed E-state index contributed by atoms with van der Waals surface area (Å²) in [7, 11) is 0. The molecule has 0 spiro atoms. The van der Waals surface area contributed by atoms with Crippen molar-refractivity contribution in [3.63, 3.8) is 0 Å². The summed E-state index contributed by atoms with van der Waals surface area (Å²) < 4.78 is 0. The van der Waals surface area contributed by atoms with Crippen molar-refractivity contribution in [2.45, 2.75) is 0 Å². The molecule has 2 aromatic heterocycles. The van der Waals surface area contributed by atoms with Gasteiger partial charge in [0.2, 0.25) is 0 Å². The van der Waals surface area contributed by atoms with Crippen LogP contribution in [0.1, 0.15) is 0 Å². The van der Waals surface area contributed by atoms with Gasteiger partial charge in [0.25, 0.3) is 0 Å². The van der Waals surface area contributed by atoms with Crippen molar-refractivity contribution in [1.82, 2.24) is 19.9 Å². The lowest BCUT2D eigenvalue weighted by Gasteiger charge is -2.01. The molecule has 0 fully saturated rings. The Kier molecular flexibility index (Phi) is 1.83. The minimum absolute atomic E-state index is 0.164. The topological polar surface area (TPSA) is 74.7 Å². The third-order valence-electron chi connectivity index (χ3n) is 2.32. The molecule has 5 nitrogen and oxygen atoms in total. The SMILES string of the molecule is Oc1ccccc1-c1ncc2[nH]cnc2n1. The lowest BCUT2D eigenvalue weighted by Crippen LogP contribution is -1.89. The molecule has 0 radical (unpaired) electrons. The number of nitrogens with zero attached hydrogens (tertiary/aromatic N) is 3. The van der Waals surface area contributed by atoms with E-state index in [0.29, 0.717) is 17.0 Å². The van der Waals surface area contributed by atoms with Gasteiger partial charge in [-0.3, -0.25) is 0 Å². The van der Waals surface area contributed by atoms with Gasteiger partial charge in [0.05, 0.1) is 18.1 Å². The molecule has 2 N–H and O–H groups in total. The molecule has 3 rings (SSSR count). The smallest absolute Gasteiger partial charge is 0.181 e. The van der Waals surface area contributed by atoms with Crippen LogP contribution in [-0.4, -0.2) is 25.0 Å². The lowest BCUT2D eigenvalue weighted by molar-refractivity contribution is 0.477. The Labute approximate surface area is 90.8 Å². The van der Waals surface area contributed by atoms with Crippen LogP contribution in [0.3, 0.4) is 0 Å². The second-order valence-corrected chi connectivity index (χ2v) is 3.35. The summed E-state index contributed by atoms with van der Waals surface area (Å²) in [6.45, 7) is 0. The summed E-state index contributed by atoms with van der Waals surface area (Å²) in [5.74, 6) is 0.634. The highest BCUT2D eigenvalue weighted by Crippen LogP contribution is 2.25. The average Bonchev–Trinajstić information content (AvgIpc) is 2.76. The van der Waals surface area contributed by atoms with E-state index < -0.39 is 0 Å². The van der Waals surface area contributed by atoms with Gasteiger partial charge in [0.1, 0.15) is 11.3 Å². The maximum absolute atomic E-state index is 9.68. The number of fused-ring (bicyclic) bond motifs is 1. The molecule has 0 saturated heterocycles. The standard InChI is InChI=1S/C11H8N4O/c16-9-4-2-1-3-7(9)10-12-5-8-11(15-10)14-6-13-8/h1-6,16H,(H,12,13,14,15). The van der Waals surface area contributed by atoms with E-state index in [0.717, 1.165) is 5.52 Å². The first-order valence-corrected chi connectivity index (χ1v) is 4.79. The summed E-state index contributed by atoms with van der Waals surface area (Å²) in [6.07, 6.45) is 3.21. The molecule has 0 unspecified atom stereocenters. The Morgan fingerprint density at radius 2 is 2.00 bits per heavy atom. The number of rotatable bonds is 1. The van der Waals surface area contributed by atoms with Gasteiger partial charge in [0, 0.05) is 0 Å². The van der Waals surface area contributed by atoms with Gasteiger partial charge in [-0.25, -0.2) is 15.0 Å². The van der Waals surface area contributed by atoms with Crippen LogP contribution in [0.5, 0.6) is 5.75 Å². The van der Waals surface area contributed by atoms with Crippen LogP contribution in [0.2, 0.25) is 0 Å². The fraction of sp³-hybridized carbons (Fsp3) is 0. The summed E-state index contributed by atoms with van der Waals surface area (Å²) in [5, 5.41) is 9.68. The largest absolute Gasteiger partial charge is 0.507 e. The van der Waals surface area contributed by atoms with Crippen molar-refractivity contribution in [3.05, 3.63) is 36.8 Å². The average molecular weight is 212 g/mol. The van der Waals surface area contributed by atoms with E-state index in [1.165, 1.54) is 0 Å². The number of benzene rings is 1. The first-order chi connectivity index (χ1) is 7.84. The molecule has 0 aliphatic rings. The van der Waals surface area contributed by atoms with E-state index in [1.54, 1.807) is 30.7 Å². The van der Waals surface area contributed by atoms with E-state index in [4.69, 9.17) is 0 Å². The van der Waals surface area contributed by atoms with Crippen molar-refractivity contribution in [1.29, 1.82) is 0 Å². The number of aromatic nitrogens is 4. The van der Waals surface area contributed by atoms with Crippen LogP contribution >= 0.6 is 0 Å². The molecule has 0 bridgehead atoms. The highest BCUT2D eigenvalue weighted by atomic mass is 16.3. The van der Waals surface area contributed by atoms with Gasteiger partial charge >= 0.3 is 0 Å². The second-order valence-electron chi connectivity index (χ2n) is 3.35. The minimum atomic E-state index is 0.164. The fourth-order valence-corrected chi connectivity index (χ4v) is 1.53. The molecule has 0 saturated carbocycles. The van der Waals surface area contributed by atoms with E-state index in [9.17, 15) is 5.11 Å². The predicted molar refractivity (Wildman–Crippen MR) is 58.8 cm³/mol. The zero-order valence-electron chi connectivity index (χ0n) is 8.25. The van der Waals surface area contributed by atoms with Crippen molar-refractivity contribution in [2.75, 3.05) is 0 Å². The molecule has 0 aliphatic heterocycles. The summed E-state index contributed by atoms with van der Waals surface area (Å²) in [6, 6.07) is 6.95. The zero-order chi connectivity index (χ0) is 11.0. The molecule has 5 heteroatoms. The highest BCUT2D eigenvalue weighted by Gasteiger charge is 2.07. The molecule has 0 atom stereocenters. The number of phenols is 1. The number of hydrogen-bond donors (Lipinski definition) is 2. The van der Waals surface area contributed by atoms with E-state index in [2.05, 4.69) is 19.9 Å². The first kappa shape index (κ1) is 8.84. The van der Waals surface area contributed by atoms with Crippen LogP contribution < -0.4 is 0 Å². The molecular weight excluding hydrogens is 204 g/mol. The molecule has 2 heterocycles. The highest BCUT2D eigenvalue weighted by molar-refractivity contribution is 5.73. The molecule has 78 valence electrons. The van der Waals surface area contributed by atoms with Crippen LogP contribution in [0.15, 0.2) is 36.8 Å². The lowest BCUT2D eigenvalue weighted by atomic mass is 10.2. The molecule has 0 aliphatic carbocycles. The van der Waals surface area contributed by atoms with Gasteiger partial charge in [-0.1, -0.05) is 12.1 Å². The van der Waals surface area contributed by atoms with Crippen LogP contribution in [-0.2, 0) is 0 Å². The third kappa shape index (κ3) is 1.30. The molecule has 16 heavy (non-hydrogen) atoms. The molecule has 0 amide bonds. The normalized spacial score (nSPS) is 10.8. The number of para-hydroxylation sites is 1. The van der Waals surface area contributed by atoms with Crippen molar-refractivity contribution >= 4 is 11.2 Å². The number of imidazole rings is 1. The summed E-state index contributed by atoms with van der Waals surface area (Å²) in [5.41, 5.74) is 1.97. The van der Waals surface area contributed by atoms with Gasteiger partial charge < -0.3 is 10.1 Å². The third-order valence-corrected chi connectivity index (χ3v) is 2.32. The van der Waals surface area contributed by atoms with Crippen molar-refractivity contribution < 1.29 is 5.11 Å². The number of hydrogen-bond acceptors (Lipinski definition) is 4. The minimum Gasteiger partial charge on any atom is -0.507 e. The maximum atomic E-state index is 9.68. The van der Waals surface area contributed by atoms with Gasteiger partial charge in [-0.15, -0.1) is 0 Å². The van der Waals surface area contributed by atoms with E-state index >= 15 is 0 Å². The molecule has 1 aromatic carbocycles. The maximum Gasteiger partial charge on any atom is 0.181 e. The summed E-state index contributed by atoms with van der Waals surface area (Å²) >= 11 is 0. The van der Waals surface area contributed by atoms with Gasteiger partial charge in [-0.05, 0) is 12.1 Å². The number of aromatic amines is 1. The predicted octanol–water partition coefficient (Wildman–Crippen LogP) is 1.73. The van der Waals surface area contributed by atoms with Crippen molar-refractivity contribution in [3.8, 4) is 17.1 Å². The van der Waals surface area contributed by atoms with Crippen molar-refractivity contribution in [2.24, 2.45) is 0 Å². The second kappa shape index (κ2) is 3.30. The Hall–Kier alpha value is -2.43. The zero-order valence-corrected chi connectivity index (χ0v) is 8.25. The molecule has 3 aromatic rings.